The molecule has 0 radical (unpaired) electrons. The lowest BCUT2D eigenvalue weighted by atomic mass is 10.1. The lowest BCUT2D eigenvalue weighted by Crippen LogP contribution is -2.55. The minimum Gasteiger partial charge on any atom is -0.311 e. The Morgan fingerprint density at radius 2 is 1.32 bits per heavy atom. The monoisotopic (exact) mass is 304 g/mol. The van der Waals surface area contributed by atoms with Crippen LogP contribution in [-0.2, 0) is 4.74 Å². The van der Waals surface area contributed by atoms with Crippen LogP contribution in [0.25, 0.3) is 0 Å². The molecule has 10 heteroatoms. The molecule has 1 nitrogen and oxygen atoms in total. The molecule has 0 saturated heterocycles. The third-order valence-electron chi connectivity index (χ3n) is 1.93. The van der Waals surface area contributed by atoms with Gasteiger partial charge in [-0.05, 0) is 0 Å². The van der Waals surface area contributed by atoms with Crippen LogP contribution in [0.4, 0.5) is 39.5 Å². The molecule has 0 fully saturated rings. The van der Waals surface area contributed by atoms with E-state index in [2.05, 4.69) is 11.3 Å². The molecule has 0 unspecified atom stereocenters. The highest BCUT2D eigenvalue weighted by Gasteiger charge is 2.72. The number of alkyl halides is 9. The standard InChI is InChI=1S/C9H9F9O/c1-2-5-19-9(17,18)8(15,16)6(10,11)3-4-7(12,13)14/h2H,1,3-5H2. The van der Waals surface area contributed by atoms with Gasteiger partial charge < -0.3 is 4.74 Å². The molecule has 0 rings (SSSR count). The first kappa shape index (κ1) is 18.1. The molecule has 0 heterocycles. The lowest BCUT2D eigenvalue weighted by molar-refractivity contribution is -0.398. The van der Waals surface area contributed by atoms with Gasteiger partial charge in [-0.15, -0.1) is 6.58 Å². The minimum absolute atomic E-state index is 0.595. The molecule has 0 aromatic rings. The average Bonchev–Trinajstić information content (AvgIpc) is 2.22. The van der Waals surface area contributed by atoms with E-state index in [0.29, 0.717) is 6.08 Å². The van der Waals surface area contributed by atoms with Gasteiger partial charge in [-0.25, -0.2) is 0 Å². The van der Waals surface area contributed by atoms with Crippen LogP contribution < -0.4 is 0 Å². The van der Waals surface area contributed by atoms with Gasteiger partial charge in [0, 0.05) is 12.8 Å². The summed E-state index contributed by atoms with van der Waals surface area (Å²) < 4.78 is 115. The first-order valence-corrected chi connectivity index (χ1v) is 4.72. The van der Waals surface area contributed by atoms with E-state index in [1.54, 1.807) is 0 Å². The molecular formula is C9H9F9O. The van der Waals surface area contributed by atoms with Crippen molar-refractivity contribution in [3.05, 3.63) is 12.7 Å². The van der Waals surface area contributed by atoms with E-state index in [1.807, 2.05) is 0 Å². The van der Waals surface area contributed by atoms with Crippen LogP contribution in [0, 0.1) is 0 Å². The van der Waals surface area contributed by atoms with Crippen LogP contribution in [0.1, 0.15) is 12.8 Å². The van der Waals surface area contributed by atoms with Crippen molar-refractivity contribution in [2.24, 2.45) is 0 Å². The average molecular weight is 304 g/mol. The minimum atomic E-state index is -6.08. The molecule has 114 valence electrons. The second-order valence-electron chi connectivity index (χ2n) is 3.51. The summed E-state index contributed by atoms with van der Waals surface area (Å²) in [5, 5.41) is 0. The second-order valence-corrected chi connectivity index (χ2v) is 3.51. The molecule has 0 aromatic heterocycles. The van der Waals surface area contributed by atoms with Gasteiger partial charge in [0.05, 0.1) is 6.61 Å². The highest BCUT2D eigenvalue weighted by Crippen LogP contribution is 2.49. The second kappa shape index (κ2) is 5.59. The summed E-state index contributed by atoms with van der Waals surface area (Å²) >= 11 is 0. The predicted molar refractivity (Wildman–Crippen MR) is 46.3 cm³/mol. The van der Waals surface area contributed by atoms with E-state index in [-0.39, 0.29) is 0 Å². The summed E-state index contributed by atoms with van der Waals surface area (Å²) in [6.07, 6.45) is -15.0. The van der Waals surface area contributed by atoms with Crippen molar-refractivity contribution in [1.82, 2.24) is 0 Å². The van der Waals surface area contributed by atoms with Crippen molar-refractivity contribution in [3.8, 4) is 0 Å². The topological polar surface area (TPSA) is 9.23 Å². The van der Waals surface area contributed by atoms with Gasteiger partial charge >= 0.3 is 24.1 Å². The molecule has 0 bridgehead atoms. The van der Waals surface area contributed by atoms with E-state index in [0.717, 1.165) is 0 Å². The fraction of sp³-hybridized carbons (Fsp3) is 0.778. The summed E-state index contributed by atoms with van der Waals surface area (Å²) in [6, 6.07) is 0. The molecule has 0 aliphatic rings. The van der Waals surface area contributed by atoms with Crippen LogP contribution in [-0.4, -0.2) is 30.7 Å². The molecule has 0 aromatic carbocycles. The normalized spacial score (nSPS) is 14.6. The molecule has 19 heavy (non-hydrogen) atoms. The number of rotatable bonds is 7. The van der Waals surface area contributed by atoms with E-state index in [9.17, 15) is 39.5 Å². The molecule has 0 aliphatic carbocycles. The van der Waals surface area contributed by atoms with Crippen LogP contribution in [0.15, 0.2) is 12.7 Å². The number of ether oxygens (including phenoxy) is 1. The number of hydrogen-bond donors (Lipinski definition) is 0. The lowest BCUT2D eigenvalue weighted by Gasteiger charge is -2.32. The van der Waals surface area contributed by atoms with Gasteiger partial charge in [0.2, 0.25) is 0 Å². The van der Waals surface area contributed by atoms with Crippen molar-refractivity contribution < 1.29 is 44.3 Å². The van der Waals surface area contributed by atoms with Crippen molar-refractivity contribution in [2.75, 3.05) is 6.61 Å². The van der Waals surface area contributed by atoms with E-state index < -0.39 is 43.6 Å². The molecule has 0 atom stereocenters. The largest absolute Gasteiger partial charge is 0.426 e. The Morgan fingerprint density at radius 1 is 0.842 bits per heavy atom. The SMILES string of the molecule is C=CCOC(F)(F)C(F)(F)C(F)(F)CCC(F)(F)F. The zero-order chi connectivity index (χ0) is 15.5. The van der Waals surface area contributed by atoms with E-state index >= 15 is 0 Å². The van der Waals surface area contributed by atoms with Gasteiger partial charge in [0.25, 0.3) is 0 Å². The fourth-order valence-electron chi connectivity index (χ4n) is 0.923. The van der Waals surface area contributed by atoms with Gasteiger partial charge in [-0.2, -0.15) is 39.5 Å². The highest BCUT2D eigenvalue weighted by atomic mass is 19.4. The van der Waals surface area contributed by atoms with Crippen LogP contribution in [0.2, 0.25) is 0 Å². The summed E-state index contributed by atoms with van der Waals surface area (Å²) in [7, 11) is 0. The maximum atomic E-state index is 12.9. The summed E-state index contributed by atoms with van der Waals surface area (Å²) in [5.74, 6) is -11.7. The zero-order valence-corrected chi connectivity index (χ0v) is 9.22. The third kappa shape index (κ3) is 4.59. The van der Waals surface area contributed by atoms with E-state index in [1.165, 1.54) is 0 Å². The highest BCUT2D eigenvalue weighted by molar-refractivity contribution is 4.92. The Labute approximate surface area is 102 Å². The van der Waals surface area contributed by atoms with Crippen LogP contribution in [0.3, 0.4) is 0 Å². The molecule has 0 aliphatic heterocycles. The Balaban J connectivity index is 4.98. The van der Waals surface area contributed by atoms with Crippen LogP contribution >= 0.6 is 0 Å². The predicted octanol–water partition coefficient (Wildman–Crippen LogP) is 4.39. The van der Waals surface area contributed by atoms with E-state index in [4.69, 9.17) is 0 Å². The smallest absolute Gasteiger partial charge is 0.311 e. The van der Waals surface area contributed by atoms with Gasteiger partial charge in [0.15, 0.2) is 0 Å². The van der Waals surface area contributed by atoms with Crippen LogP contribution in [0.5, 0.6) is 0 Å². The Kier molecular flexibility index (Phi) is 5.32. The number of halogens is 9. The quantitative estimate of drug-likeness (QED) is 0.500. The Hall–Kier alpha value is -0.930. The molecule has 0 amide bonds. The summed E-state index contributed by atoms with van der Waals surface area (Å²) in [6.45, 7) is 1.67. The number of hydrogen-bond acceptors (Lipinski definition) is 1. The summed E-state index contributed by atoms with van der Waals surface area (Å²) in [4.78, 5) is 0. The van der Waals surface area contributed by atoms with Gasteiger partial charge in [-0.3, -0.25) is 0 Å². The first-order valence-electron chi connectivity index (χ1n) is 4.72. The summed E-state index contributed by atoms with van der Waals surface area (Å²) in [5.41, 5.74) is 0. The van der Waals surface area contributed by atoms with Gasteiger partial charge in [0.1, 0.15) is 0 Å². The zero-order valence-electron chi connectivity index (χ0n) is 9.22. The fourth-order valence-corrected chi connectivity index (χ4v) is 0.923. The van der Waals surface area contributed by atoms with Gasteiger partial charge in [-0.1, -0.05) is 6.08 Å². The van der Waals surface area contributed by atoms with Crippen molar-refractivity contribution >= 4 is 0 Å². The maximum Gasteiger partial charge on any atom is 0.426 e. The van der Waals surface area contributed by atoms with Crippen molar-refractivity contribution in [1.29, 1.82) is 0 Å². The first-order chi connectivity index (χ1) is 8.27. The molecule has 0 saturated carbocycles. The maximum absolute atomic E-state index is 12.9. The van der Waals surface area contributed by atoms with Crippen molar-refractivity contribution in [2.45, 2.75) is 37.0 Å². The Morgan fingerprint density at radius 3 is 1.68 bits per heavy atom. The van der Waals surface area contributed by atoms with Crippen molar-refractivity contribution in [3.63, 3.8) is 0 Å². The third-order valence-corrected chi connectivity index (χ3v) is 1.93. The molecule has 0 N–H and O–H groups in total. The Bertz CT molecular complexity index is 307. The molecule has 0 spiro atoms. The molecular weight excluding hydrogens is 295 g/mol.